The second-order valence-corrected chi connectivity index (χ2v) is 5.59. The first kappa shape index (κ1) is 13.3. The summed E-state index contributed by atoms with van der Waals surface area (Å²) in [5.74, 6) is 0. The minimum Gasteiger partial charge on any atom is -0.394 e. The van der Waals surface area contributed by atoms with Gasteiger partial charge in [0, 0.05) is 11.4 Å². The van der Waals surface area contributed by atoms with Crippen LogP contribution in [0.3, 0.4) is 0 Å². The highest BCUT2D eigenvalue weighted by Gasteiger charge is 2.12. The molecule has 1 aromatic heterocycles. The van der Waals surface area contributed by atoms with E-state index in [4.69, 9.17) is 0 Å². The van der Waals surface area contributed by atoms with Crippen LogP contribution in [0.15, 0.2) is 35.7 Å². The molecule has 96 valence electrons. The van der Waals surface area contributed by atoms with Crippen molar-refractivity contribution in [3.8, 4) is 0 Å². The smallest absolute Gasteiger partial charge is 0.0626 e. The normalized spacial score (nSPS) is 12.6. The Morgan fingerprint density at radius 3 is 2.72 bits per heavy atom. The minimum absolute atomic E-state index is 0.00713. The fraction of sp³-hybridized carbons (Fsp3) is 0.333. The lowest BCUT2D eigenvalue weighted by molar-refractivity contribution is 0.243. The highest BCUT2D eigenvalue weighted by atomic mass is 32.1. The van der Waals surface area contributed by atoms with Gasteiger partial charge >= 0.3 is 0 Å². The standard InChI is InChI=1S/C15H19NOS/c1-11-5-6-14(12(2)8-11)15(10-17)16-9-13-4-3-7-18-13/h3-8,15-17H,9-10H2,1-2H3. The quantitative estimate of drug-likeness (QED) is 0.866. The van der Waals surface area contributed by atoms with Crippen molar-refractivity contribution in [2.45, 2.75) is 26.4 Å². The molecule has 1 unspecified atom stereocenters. The number of aliphatic hydroxyl groups excluding tert-OH is 1. The van der Waals surface area contributed by atoms with Crippen LogP contribution in [0.5, 0.6) is 0 Å². The first-order chi connectivity index (χ1) is 8.70. The van der Waals surface area contributed by atoms with E-state index in [0.717, 1.165) is 6.54 Å². The molecule has 0 radical (unpaired) electrons. The van der Waals surface area contributed by atoms with Crippen molar-refractivity contribution in [2.24, 2.45) is 0 Å². The van der Waals surface area contributed by atoms with E-state index in [9.17, 15) is 5.11 Å². The molecule has 0 saturated heterocycles. The van der Waals surface area contributed by atoms with Crippen molar-refractivity contribution in [3.05, 3.63) is 57.3 Å². The van der Waals surface area contributed by atoms with Crippen LogP contribution in [0.2, 0.25) is 0 Å². The van der Waals surface area contributed by atoms with Crippen molar-refractivity contribution in [1.82, 2.24) is 5.32 Å². The summed E-state index contributed by atoms with van der Waals surface area (Å²) in [6.45, 7) is 5.10. The fourth-order valence-electron chi connectivity index (χ4n) is 2.13. The zero-order chi connectivity index (χ0) is 13.0. The third-order valence-electron chi connectivity index (χ3n) is 3.09. The summed E-state index contributed by atoms with van der Waals surface area (Å²) < 4.78 is 0. The molecule has 0 aliphatic carbocycles. The number of hydrogen-bond donors (Lipinski definition) is 2. The van der Waals surface area contributed by atoms with Gasteiger partial charge in [-0.3, -0.25) is 0 Å². The van der Waals surface area contributed by atoms with Crippen LogP contribution in [0.4, 0.5) is 0 Å². The van der Waals surface area contributed by atoms with E-state index in [1.165, 1.54) is 21.6 Å². The summed E-state index contributed by atoms with van der Waals surface area (Å²) in [6.07, 6.45) is 0. The molecule has 2 rings (SSSR count). The van der Waals surface area contributed by atoms with Gasteiger partial charge in [0.05, 0.1) is 12.6 Å². The van der Waals surface area contributed by atoms with Crippen LogP contribution >= 0.6 is 11.3 Å². The predicted octanol–water partition coefficient (Wildman–Crippen LogP) is 3.19. The molecule has 1 atom stereocenters. The number of rotatable bonds is 5. The van der Waals surface area contributed by atoms with E-state index in [1.54, 1.807) is 11.3 Å². The third kappa shape index (κ3) is 3.19. The molecule has 0 aliphatic rings. The molecule has 2 aromatic rings. The van der Waals surface area contributed by atoms with Crippen molar-refractivity contribution >= 4 is 11.3 Å². The second kappa shape index (κ2) is 6.14. The Balaban J connectivity index is 2.08. The van der Waals surface area contributed by atoms with Crippen LogP contribution in [0, 0.1) is 13.8 Å². The molecule has 0 spiro atoms. The molecule has 3 heteroatoms. The van der Waals surface area contributed by atoms with Gasteiger partial charge in [-0.1, -0.05) is 29.8 Å². The molecule has 18 heavy (non-hydrogen) atoms. The Hall–Kier alpha value is -1.16. The molecule has 0 amide bonds. The van der Waals surface area contributed by atoms with Gasteiger partial charge in [0.1, 0.15) is 0 Å². The summed E-state index contributed by atoms with van der Waals surface area (Å²) in [5.41, 5.74) is 3.67. The summed E-state index contributed by atoms with van der Waals surface area (Å²) in [6, 6.07) is 10.5. The summed E-state index contributed by atoms with van der Waals surface area (Å²) in [4.78, 5) is 1.29. The molecule has 1 aromatic carbocycles. The van der Waals surface area contributed by atoms with Gasteiger partial charge < -0.3 is 10.4 Å². The van der Waals surface area contributed by atoms with Crippen molar-refractivity contribution in [2.75, 3.05) is 6.61 Å². The highest BCUT2D eigenvalue weighted by Crippen LogP contribution is 2.19. The van der Waals surface area contributed by atoms with Crippen molar-refractivity contribution in [3.63, 3.8) is 0 Å². The maximum Gasteiger partial charge on any atom is 0.0626 e. The lowest BCUT2D eigenvalue weighted by Gasteiger charge is -2.19. The molecule has 0 saturated carbocycles. The lowest BCUT2D eigenvalue weighted by atomic mass is 9.99. The van der Waals surface area contributed by atoms with Gasteiger partial charge in [-0.2, -0.15) is 0 Å². The Morgan fingerprint density at radius 1 is 1.28 bits per heavy atom. The molecular formula is C15H19NOS. The average Bonchev–Trinajstić information content (AvgIpc) is 2.85. The van der Waals surface area contributed by atoms with Crippen LogP contribution in [0.25, 0.3) is 0 Å². The number of thiophene rings is 1. The lowest BCUT2D eigenvalue weighted by Crippen LogP contribution is -2.24. The topological polar surface area (TPSA) is 32.3 Å². The zero-order valence-corrected chi connectivity index (χ0v) is 11.6. The van der Waals surface area contributed by atoms with E-state index in [1.807, 2.05) is 6.07 Å². The van der Waals surface area contributed by atoms with Crippen LogP contribution in [0.1, 0.15) is 27.6 Å². The zero-order valence-electron chi connectivity index (χ0n) is 10.8. The van der Waals surface area contributed by atoms with Gasteiger partial charge in [0.25, 0.3) is 0 Å². The van der Waals surface area contributed by atoms with Crippen LogP contribution < -0.4 is 5.32 Å². The molecule has 0 fully saturated rings. The second-order valence-electron chi connectivity index (χ2n) is 4.56. The van der Waals surface area contributed by atoms with E-state index >= 15 is 0 Å². The number of aliphatic hydroxyl groups is 1. The molecular weight excluding hydrogens is 242 g/mol. The monoisotopic (exact) mass is 261 g/mol. The molecule has 2 nitrogen and oxygen atoms in total. The number of hydrogen-bond acceptors (Lipinski definition) is 3. The molecule has 1 heterocycles. The van der Waals surface area contributed by atoms with Gasteiger partial charge in [-0.15, -0.1) is 11.3 Å². The van der Waals surface area contributed by atoms with Gasteiger partial charge in [-0.05, 0) is 36.4 Å². The average molecular weight is 261 g/mol. The van der Waals surface area contributed by atoms with Gasteiger partial charge in [0.2, 0.25) is 0 Å². The summed E-state index contributed by atoms with van der Waals surface area (Å²) in [7, 11) is 0. The third-order valence-corrected chi connectivity index (χ3v) is 3.96. The molecule has 0 bridgehead atoms. The minimum atomic E-state index is 0.00713. The Bertz CT molecular complexity index is 493. The SMILES string of the molecule is Cc1ccc(C(CO)NCc2cccs2)c(C)c1. The maximum absolute atomic E-state index is 9.54. The fourth-order valence-corrected chi connectivity index (χ4v) is 2.78. The van der Waals surface area contributed by atoms with Crippen LogP contribution in [-0.4, -0.2) is 11.7 Å². The van der Waals surface area contributed by atoms with E-state index in [0.29, 0.717) is 0 Å². The maximum atomic E-state index is 9.54. The summed E-state index contributed by atoms with van der Waals surface area (Å²) >= 11 is 1.73. The number of nitrogens with one attached hydrogen (secondary N) is 1. The number of benzene rings is 1. The Labute approximate surface area is 112 Å². The Morgan fingerprint density at radius 2 is 2.11 bits per heavy atom. The van der Waals surface area contributed by atoms with Crippen molar-refractivity contribution < 1.29 is 5.11 Å². The van der Waals surface area contributed by atoms with Gasteiger partial charge in [0.15, 0.2) is 0 Å². The first-order valence-corrected chi connectivity index (χ1v) is 7.02. The first-order valence-electron chi connectivity index (χ1n) is 6.14. The number of aryl methyl sites for hydroxylation is 2. The van der Waals surface area contributed by atoms with E-state index in [-0.39, 0.29) is 12.6 Å². The Kier molecular flexibility index (Phi) is 4.53. The molecule has 0 aliphatic heterocycles. The van der Waals surface area contributed by atoms with Crippen molar-refractivity contribution in [1.29, 1.82) is 0 Å². The summed E-state index contributed by atoms with van der Waals surface area (Å²) in [5, 5.41) is 15.0. The highest BCUT2D eigenvalue weighted by molar-refractivity contribution is 7.09. The predicted molar refractivity (Wildman–Crippen MR) is 76.9 cm³/mol. The van der Waals surface area contributed by atoms with Crippen LogP contribution in [-0.2, 0) is 6.54 Å². The largest absolute Gasteiger partial charge is 0.394 e. The van der Waals surface area contributed by atoms with E-state index < -0.39 is 0 Å². The van der Waals surface area contributed by atoms with E-state index in [2.05, 4.69) is 48.8 Å². The molecule has 2 N–H and O–H groups in total. The van der Waals surface area contributed by atoms with Gasteiger partial charge in [-0.25, -0.2) is 0 Å².